The topological polar surface area (TPSA) is 86.0 Å². The van der Waals surface area contributed by atoms with Gasteiger partial charge in [0.2, 0.25) is 0 Å². The van der Waals surface area contributed by atoms with Gasteiger partial charge < -0.3 is 18.8 Å². The Hall–Kier alpha value is -2.83. The fourth-order valence-electron chi connectivity index (χ4n) is 3.68. The van der Waals surface area contributed by atoms with Gasteiger partial charge in [0.15, 0.2) is 13.2 Å². The number of benzene rings is 1. The highest BCUT2D eigenvalue weighted by atomic mass is 16.6. The van der Waals surface area contributed by atoms with E-state index in [1.54, 1.807) is 23.1 Å². The van der Waals surface area contributed by atoms with E-state index in [0.29, 0.717) is 36.3 Å². The largest absolute Gasteiger partial charge is 0.482 e. The minimum Gasteiger partial charge on any atom is -0.482 e. The number of likely N-dealkylation sites (tertiary alicyclic amines) is 1. The van der Waals surface area contributed by atoms with Crippen LogP contribution in [0.15, 0.2) is 33.5 Å². The number of hydrogen-bond acceptors (Lipinski definition) is 6. The molecule has 0 N–H and O–H groups in total. The van der Waals surface area contributed by atoms with Gasteiger partial charge in [-0.25, -0.2) is 9.59 Å². The van der Waals surface area contributed by atoms with Crippen LogP contribution in [-0.4, -0.2) is 43.1 Å². The summed E-state index contributed by atoms with van der Waals surface area (Å²) in [6, 6.07) is 6.42. The van der Waals surface area contributed by atoms with Crippen LogP contribution in [-0.2, 0) is 14.3 Å². The van der Waals surface area contributed by atoms with Crippen molar-refractivity contribution in [3.05, 3.63) is 40.2 Å². The second-order valence-corrected chi connectivity index (χ2v) is 7.60. The molecule has 1 aromatic heterocycles. The Kier molecular flexibility index (Phi) is 6.02. The number of esters is 1. The Morgan fingerprint density at radius 3 is 2.57 bits per heavy atom. The average Bonchev–Trinajstić information content (AvgIpc) is 2.63. The third-order valence-electron chi connectivity index (χ3n) is 4.86. The maximum atomic E-state index is 12.2. The minimum atomic E-state index is -0.628. The highest BCUT2D eigenvalue weighted by Gasteiger charge is 2.25. The molecule has 0 bridgehead atoms. The monoisotopic (exact) mass is 387 g/mol. The number of carbonyl (C=O) groups excluding carboxylic acids is 2. The van der Waals surface area contributed by atoms with Crippen molar-refractivity contribution >= 4 is 22.8 Å². The highest BCUT2D eigenvalue weighted by molar-refractivity contribution is 5.82. The predicted molar refractivity (Wildman–Crippen MR) is 103 cm³/mol. The molecule has 2 heterocycles. The number of piperidine rings is 1. The molecule has 0 radical (unpaired) electrons. The van der Waals surface area contributed by atoms with Crippen molar-refractivity contribution in [3.8, 4) is 5.75 Å². The lowest BCUT2D eigenvalue weighted by Crippen LogP contribution is -2.44. The maximum absolute atomic E-state index is 12.2. The summed E-state index contributed by atoms with van der Waals surface area (Å²) >= 11 is 0. The van der Waals surface area contributed by atoms with Crippen LogP contribution in [0.2, 0.25) is 0 Å². The van der Waals surface area contributed by atoms with Crippen LogP contribution in [0.4, 0.5) is 0 Å². The lowest BCUT2D eigenvalue weighted by Gasteiger charge is -2.34. The van der Waals surface area contributed by atoms with Crippen molar-refractivity contribution in [2.24, 2.45) is 11.8 Å². The van der Waals surface area contributed by atoms with Gasteiger partial charge in [-0.15, -0.1) is 0 Å². The summed E-state index contributed by atoms with van der Waals surface area (Å²) < 4.78 is 15.6. The van der Waals surface area contributed by atoms with E-state index >= 15 is 0 Å². The van der Waals surface area contributed by atoms with Gasteiger partial charge in [0.25, 0.3) is 5.91 Å². The van der Waals surface area contributed by atoms with Gasteiger partial charge in [0.05, 0.1) is 0 Å². The number of nitrogens with zero attached hydrogens (tertiary/aromatic N) is 1. The van der Waals surface area contributed by atoms with Crippen molar-refractivity contribution in [3.63, 3.8) is 0 Å². The Balaban J connectivity index is 1.51. The Bertz CT molecular complexity index is 924. The van der Waals surface area contributed by atoms with E-state index in [9.17, 15) is 14.4 Å². The van der Waals surface area contributed by atoms with E-state index in [-0.39, 0.29) is 19.1 Å². The summed E-state index contributed by atoms with van der Waals surface area (Å²) in [5, 5.41) is 0.796. The van der Waals surface area contributed by atoms with Gasteiger partial charge in [-0.3, -0.25) is 4.79 Å². The number of hydrogen-bond donors (Lipinski definition) is 0. The fourth-order valence-corrected chi connectivity index (χ4v) is 3.68. The van der Waals surface area contributed by atoms with E-state index in [2.05, 4.69) is 13.8 Å². The summed E-state index contributed by atoms with van der Waals surface area (Å²) in [4.78, 5) is 37.4. The number of fused-ring (bicyclic) bond motifs is 1. The van der Waals surface area contributed by atoms with Crippen LogP contribution in [0.3, 0.4) is 0 Å². The smallest absolute Gasteiger partial charge is 0.344 e. The third-order valence-corrected chi connectivity index (χ3v) is 4.86. The molecule has 7 nitrogen and oxygen atoms in total. The van der Waals surface area contributed by atoms with Crippen LogP contribution in [0, 0.1) is 18.8 Å². The quantitative estimate of drug-likeness (QED) is 0.579. The number of ether oxygens (including phenoxy) is 2. The lowest BCUT2D eigenvalue weighted by atomic mass is 9.92. The first-order chi connectivity index (χ1) is 13.3. The van der Waals surface area contributed by atoms with Crippen molar-refractivity contribution in [1.82, 2.24) is 4.90 Å². The zero-order valence-corrected chi connectivity index (χ0v) is 16.4. The van der Waals surface area contributed by atoms with Gasteiger partial charge >= 0.3 is 11.6 Å². The first-order valence-corrected chi connectivity index (χ1v) is 9.42. The molecule has 1 fully saturated rings. The SMILES string of the molecule is Cc1cc(=O)oc2cc(OCC(=O)OCC(=O)N3C[C@H](C)C[C@H](C)C3)ccc12. The molecule has 2 aromatic rings. The van der Waals surface area contributed by atoms with Gasteiger partial charge in [0, 0.05) is 30.6 Å². The normalized spacial score (nSPS) is 19.5. The molecule has 0 unspecified atom stereocenters. The molecule has 1 saturated heterocycles. The molecule has 150 valence electrons. The summed E-state index contributed by atoms with van der Waals surface area (Å²) in [5.41, 5.74) is 0.748. The van der Waals surface area contributed by atoms with E-state index < -0.39 is 11.6 Å². The molecule has 0 aliphatic carbocycles. The van der Waals surface area contributed by atoms with Gasteiger partial charge in [-0.2, -0.15) is 0 Å². The molecule has 3 rings (SSSR count). The standard InChI is InChI=1S/C21H25NO6/c1-13-6-14(2)10-22(9-13)19(23)11-27-21(25)12-26-16-4-5-17-15(3)7-20(24)28-18(17)8-16/h4-5,7-8,13-14H,6,9-12H2,1-3H3/t13-,14+. The lowest BCUT2D eigenvalue weighted by molar-refractivity contribution is -0.154. The highest BCUT2D eigenvalue weighted by Crippen LogP contribution is 2.22. The number of rotatable bonds is 5. The fraction of sp³-hybridized carbons (Fsp3) is 0.476. The van der Waals surface area contributed by atoms with Gasteiger partial charge in [-0.1, -0.05) is 13.8 Å². The van der Waals surface area contributed by atoms with Crippen molar-refractivity contribution in [2.45, 2.75) is 27.2 Å². The van der Waals surface area contributed by atoms with Crippen molar-refractivity contribution in [2.75, 3.05) is 26.3 Å². The number of amides is 1. The summed E-state index contributed by atoms with van der Waals surface area (Å²) in [6.07, 6.45) is 1.10. The molecular weight excluding hydrogens is 362 g/mol. The van der Waals surface area contributed by atoms with Gasteiger partial charge in [0.1, 0.15) is 11.3 Å². The van der Waals surface area contributed by atoms with Gasteiger partial charge in [-0.05, 0) is 42.9 Å². The van der Waals surface area contributed by atoms with E-state index in [4.69, 9.17) is 13.9 Å². The first kappa shape index (κ1) is 19.9. The van der Waals surface area contributed by atoms with Crippen LogP contribution >= 0.6 is 0 Å². The van der Waals surface area contributed by atoms with Crippen molar-refractivity contribution in [1.29, 1.82) is 0 Å². The second kappa shape index (κ2) is 8.46. The summed E-state index contributed by atoms with van der Waals surface area (Å²) in [6.45, 7) is 6.82. The molecule has 0 saturated carbocycles. The van der Waals surface area contributed by atoms with E-state index in [1.165, 1.54) is 6.07 Å². The molecular formula is C21H25NO6. The third kappa shape index (κ3) is 4.91. The second-order valence-electron chi connectivity index (χ2n) is 7.60. The zero-order valence-electron chi connectivity index (χ0n) is 16.4. The van der Waals surface area contributed by atoms with Crippen LogP contribution in [0.1, 0.15) is 25.8 Å². The van der Waals surface area contributed by atoms with E-state index in [1.807, 2.05) is 6.92 Å². The molecule has 1 aliphatic heterocycles. The Morgan fingerprint density at radius 1 is 1.14 bits per heavy atom. The summed E-state index contributed by atoms with van der Waals surface area (Å²) in [7, 11) is 0. The molecule has 1 aromatic carbocycles. The van der Waals surface area contributed by atoms with Crippen LogP contribution in [0.5, 0.6) is 5.75 Å². The molecule has 7 heteroatoms. The van der Waals surface area contributed by atoms with E-state index in [0.717, 1.165) is 17.4 Å². The minimum absolute atomic E-state index is 0.185. The molecule has 28 heavy (non-hydrogen) atoms. The predicted octanol–water partition coefficient (Wildman–Crippen LogP) is 2.53. The molecule has 2 atom stereocenters. The number of aryl methyl sites for hydroxylation is 1. The number of carbonyl (C=O) groups is 2. The van der Waals surface area contributed by atoms with Crippen LogP contribution in [0.25, 0.3) is 11.0 Å². The first-order valence-electron chi connectivity index (χ1n) is 9.42. The molecule has 0 spiro atoms. The zero-order chi connectivity index (χ0) is 20.3. The molecule has 1 amide bonds. The molecule has 1 aliphatic rings. The average molecular weight is 387 g/mol. The Labute approximate surface area is 163 Å². The maximum Gasteiger partial charge on any atom is 0.344 e. The Morgan fingerprint density at radius 2 is 1.86 bits per heavy atom. The summed E-state index contributed by atoms with van der Waals surface area (Å²) in [5.74, 6) is 0.460. The van der Waals surface area contributed by atoms with Crippen molar-refractivity contribution < 1.29 is 23.5 Å². The van der Waals surface area contributed by atoms with Crippen LogP contribution < -0.4 is 10.4 Å².